The van der Waals surface area contributed by atoms with Crippen molar-refractivity contribution in [3.05, 3.63) is 54.9 Å². The van der Waals surface area contributed by atoms with Gasteiger partial charge in [-0.3, -0.25) is 9.78 Å². The number of nitrogens with zero attached hydrogens (tertiary/aromatic N) is 1. The lowest BCUT2D eigenvalue weighted by molar-refractivity contribution is -0.131. The number of hydrogen-bond acceptors (Lipinski definition) is 7. The number of esters is 1. The minimum absolute atomic E-state index is 0.0207. The highest BCUT2D eigenvalue weighted by Crippen LogP contribution is 2.46. The normalized spacial score (nSPS) is 11.1. The predicted octanol–water partition coefficient (Wildman–Crippen LogP) is 2.77. The minimum atomic E-state index is -4.02. The second kappa shape index (κ2) is 6.89. The highest BCUT2D eigenvalue weighted by Gasteiger charge is 2.28. The van der Waals surface area contributed by atoms with Crippen molar-refractivity contribution in [3.63, 3.8) is 0 Å². The van der Waals surface area contributed by atoms with Crippen molar-refractivity contribution in [2.24, 2.45) is 0 Å². The first-order valence-corrected chi connectivity index (χ1v) is 8.89. The molecule has 0 saturated heterocycles. The van der Waals surface area contributed by atoms with Gasteiger partial charge in [-0.2, -0.15) is 0 Å². The van der Waals surface area contributed by atoms with Crippen LogP contribution < -0.4 is 9.46 Å². The van der Waals surface area contributed by atoms with Crippen LogP contribution in [0.15, 0.2) is 64.2 Å². The third-order valence-corrected chi connectivity index (χ3v) is 4.64. The molecule has 2 aromatic heterocycles. The van der Waals surface area contributed by atoms with Gasteiger partial charge in [0.2, 0.25) is 11.5 Å². The van der Waals surface area contributed by atoms with Gasteiger partial charge >= 0.3 is 5.97 Å². The number of rotatable bonds is 5. The molecule has 0 fully saturated rings. The Bertz CT molecular complexity index is 1030. The molecule has 26 heavy (non-hydrogen) atoms. The van der Waals surface area contributed by atoms with Crippen LogP contribution in [0.5, 0.6) is 11.5 Å². The van der Waals surface area contributed by atoms with Crippen molar-refractivity contribution < 1.29 is 27.5 Å². The summed E-state index contributed by atoms with van der Waals surface area (Å²) in [6.07, 6.45) is 2.93. The topological polar surface area (TPSA) is 119 Å². The molecule has 134 valence electrons. The van der Waals surface area contributed by atoms with Gasteiger partial charge in [0.15, 0.2) is 5.76 Å². The van der Waals surface area contributed by atoms with Gasteiger partial charge < -0.3 is 14.3 Å². The molecule has 0 bridgehead atoms. The second-order valence-corrected chi connectivity index (χ2v) is 6.87. The number of nitrogens with one attached hydrogen (secondary N) is 1. The van der Waals surface area contributed by atoms with E-state index in [4.69, 9.17) is 9.15 Å². The van der Waals surface area contributed by atoms with Crippen molar-refractivity contribution in [2.75, 3.05) is 4.72 Å². The quantitative estimate of drug-likeness (QED) is 0.659. The number of aromatic nitrogens is 1. The lowest BCUT2D eigenvalue weighted by atomic mass is 10.2. The summed E-state index contributed by atoms with van der Waals surface area (Å²) in [5.41, 5.74) is 0.378. The SMILES string of the molecule is CC(=O)Oc1c(NS(=O)(=O)c2ccccc2)oc(-c2cccnc2)c1O. The number of benzene rings is 1. The lowest BCUT2D eigenvalue weighted by Crippen LogP contribution is -2.13. The number of carbonyl (C=O) groups is 1. The number of aromatic hydroxyl groups is 1. The summed E-state index contributed by atoms with van der Waals surface area (Å²) >= 11 is 0. The molecule has 3 rings (SSSR count). The molecule has 0 amide bonds. The van der Waals surface area contributed by atoms with E-state index >= 15 is 0 Å². The minimum Gasteiger partial charge on any atom is -0.502 e. The van der Waals surface area contributed by atoms with E-state index in [0.717, 1.165) is 6.92 Å². The van der Waals surface area contributed by atoms with Crippen LogP contribution >= 0.6 is 0 Å². The van der Waals surface area contributed by atoms with E-state index in [9.17, 15) is 18.3 Å². The summed E-state index contributed by atoms with van der Waals surface area (Å²) in [7, 11) is -4.02. The summed E-state index contributed by atoms with van der Waals surface area (Å²) < 4.78 is 37.5. The van der Waals surface area contributed by atoms with Crippen LogP contribution in [0.4, 0.5) is 5.88 Å². The largest absolute Gasteiger partial charge is 0.502 e. The van der Waals surface area contributed by atoms with Gasteiger partial charge in [0.25, 0.3) is 15.9 Å². The molecule has 0 atom stereocenters. The fourth-order valence-electron chi connectivity index (χ4n) is 2.19. The van der Waals surface area contributed by atoms with Gasteiger partial charge in [0, 0.05) is 24.9 Å². The van der Waals surface area contributed by atoms with Crippen LogP contribution in [-0.4, -0.2) is 24.5 Å². The van der Waals surface area contributed by atoms with Crippen molar-refractivity contribution in [1.82, 2.24) is 4.98 Å². The second-order valence-electron chi connectivity index (χ2n) is 5.19. The fourth-order valence-corrected chi connectivity index (χ4v) is 3.20. The highest BCUT2D eigenvalue weighted by atomic mass is 32.2. The van der Waals surface area contributed by atoms with Gasteiger partial charge in [-0.1, -0.05) is 18.2 Å². The number of carbonyl (C=O) groups excluding carboxylic acids is 1. The number of hydrogen-bond donors (Lipinski definition) is 2. The van der Waals surface area contributed by atoms with Crippen LogP contribution in [0, 0.1) is 0 Å². The average Bonchev–Trinajstić information content (AvgIpc) is 2.92. The molecule has 3 aromatic rings. The van der Waals surface area contributed by atoms with E-state index in [-0.39, 0.29) is 10.7 Å². The summed E-state index contributed by atoms with van der Waals surface area (Å²) in [5.74, 6) is -2.19. The zero-order chi connectivity index (χ0) is 18.7. The Morgan fingerprint density at radius 1 is 1.19 bits per heavy atom. The molecule has 0 spiro atoms. The smallest absolute Gasteiger partial charge is 0.308 e. The molecule has 9 heteroatoms. The first-order chi connectivity index (χ1) is 12.4. The maximum Gasteiger partial charge on any atom is 0.308 e. The first kappa shape index (κ1) is 17.5. The van der Waals surface area contributed by atoms with Gasteiger partial charge in [-0.05, 0) is 24.3 Å². The molecule has 1 aromatic carbocycles. The molecule has 0 radical (unpaired) electrons. The molecule has 0 aliphatic carbocycles. The van der Waals surface area contributed by atoms with Crippen LogP contribution in [0.2, 0.25) is 0 Å². The molecular formula is C17H14N2O6S. The van der Waals surface area contributed by atoms with Gasteiger partial charge in [0.1, 0.15) is 0 Å². The van der Waals surface area contributed by atoms with E-state index in [2.05, 4.69) is 9.71 Å². The first-order valence-electron chi connectivity index (χ1n) is 7.41. The van der Waals surface area contributed by atoms with Gasteiger partial charge in [-0.15, -0.1) is 0 Å². The zero-order valence-electron chi connectivity index (χ0n) is 13.5. The van der Waals surface area contributed by atoms with Crippen LogP contribution in [-0.2, 0) is 14.8 Å². The van der Waals surface area contributed by atoms with Crippen molar-refractivity contribution in [1.29, 1.82) is 0 Å². The number of pyridine rings is 1. The van der Waals surface area contributed by atoms with Gasteiger partial charge in [0.05, 0.1) is 4.90 Å². The van der Waals surface area contributed by atoms with Crippen molar-refractivity contribution in [2.45, 2.75) is 11.8 Å². The van der Waals surface area contributed by atoms with E-state index in [1.165, 1.54) is 24.5 Å². The molecule has 2 heterocycles. The van der Waals surface area contributed by atoms with Crippen LogP contribution in [0.1, 0.15) is 6.92 Å². The van der Waals surface area contributed by atoms with E-state index < -0.39 is 33.4 Å². The number of furan rings is 1. The number of anilines is 1. The Morgan fingerprint density at radius 3 is 2.54 bits per heavy atom. The molecule has 8 nitrogen and oxygen atoms in total. The molecule has 0 unspecified atom stereocenters. The average molecular weight is 374 g/mol. The maximum atomic E-state index is 12.5. The van der Waals surface area contributed by atoms with E-state index in [0.29, 0.717) is 5.56 Å². The Labute approximate surface area is 149 Å². The Morgan fingerprint density at radius 2 is 1.92 bits per heavy atom. The fraction of sp³-hybridized carbons (Fsp3) is 0.0588. The Balaban J connectivity index is 2.07. The molecular weight excluding hydrogens is 360 g/mol. The number of sulfonamides is 1. The predicted molar refractivity (Wildman–Crippen MR) is 92.2 cm³/mol. The summed E-state index contributed by atoms with van der Waals surface area (Å²) in [6.45, 7) is 1.12. The molecule has 0 aliphatic heterocycles. The van der Waals surface area contributed by atoms with Gasteiger partial charge in [-0.25, -0.2) is 13.1 Å². The highest BCUT2D eigenvalue weighted by molar-refractivity contribution is 7.92. The standard InChI is InChI=1S/C17H14N2O6S/c1-11(20)24-16-14(21)15(12-6-5-9-18-10-12)25-17(16)19-26(22,23)13-7-3-2-4-8-13/h2-10,19,21H,1H3. The molecule has 0 aliphatic rings. The third kappa shape index (κ3) is 3.52. The Hall–Kier alpha value is -3.33. The zero-order valence-corrected chi connectivity index (χ0v) is 14.4. The summed E-state index contributed by atoms with van der Waals surface area (Å²) in [4.78, 5) is 15.2. The van der Waals surface area contributed by atoms with Crippen molar-refractivity contribution >= 4 is 21.9 Å². The molecule has 2 N–H and O–H groups in total. The van der Waals surface area contributed by atoms with Crippen LogP contribution in [0.3, 0.4) is 0 Å². The monoisotopic (exact) mass is 374 g/mol. The third-order valence-electron chi connectivity index (χ3n) is 3.29. The van der Waals surface area contributed by atoms with E-state index in [1.807, 2.05) is 0 Å². The number of ether oxygens (including phenoxy) is 1. The summed E-state index contributed by atoms with van der Waals surface area (Å²) in [5, 5.41) is 10.3. The summed E-state index contributed by atoms with van der Waals surface area (Å²) in [6, 6.07) is 10.8. The molecule has 0 saturated carbocycles. The maximum absolute atomic E-state index is 12.5. The van der Waals surface area contributed by atoms with Crippen molar-refractivity contribution in [3.8, 4) is 22.8 Å². The Kier molecular flexibility index (Phi) is 4.63. The van der Waals surface area contributed by atoms with E-state index in [1.54, 1.807) is 30.3 Å². The lowest BCUT2D eigenvalue weighted by Gasteiger charge is -2.07. The van der Waals surface area contributed by atoms with Crippen LogP contribution in [0.25, 0.3) is 11.3 Å².